The summed E-state index contributed by atoms with van der Waals surface area (Å²) in [4.78, 5) is 16.0. The maximum Gasteiger partial charge on any atom is 0.252 e. The largest absolute Gasteiger partial charge is 0.496 e. The molecule has 0 bridgehead atoms. The van der Waals surface area contributed by atoms with E-state index in [4.69, 9.17) is 21.1 Å². The lowest BCUT2D eigenvalue weighted by atomic mass is 10.1. The highest BCUT2D eigenvalue weighted by molar-refractivity contribution is 6.67. The Morgan fingerprint density at radius 3 is 1.96 bits per heavy atom. The zero-order valence-electron chi connectivity index (χ0n) is 13.5. The molecule has 0 aromatic heterocycles. The van der Waals surface area contributed by atoms with Gasteiger partial charge in [-0.15, -0.1) is 24.8 Å². The van der Waals surface area contributed by atoms with Gasteiger partial charge in [-0.3, -0.25) is 9.69 Å². The van der Waals surface area contributed by atoms with E-state index in [9.17, 15) is 4.79 Å². The van der Waals surface area contributed by atoms with Crippen LogP contribution < -0.4 is 9.47 Å². The van der Waals surface area contributed by atoms with Gasteiger partial charge in [-0.25, -0.2) is 0 Å². The fraction of sp³-hybridized carbons (Fsp3) is 0.533. The van der Waals surface area contributed by atoms with Crippen molar-refractivity contribution in [3.63, 3.8) is 0 Å². The van der Waals surface area contributed by atoms with Crippen LogP contribution in [0.1, 0.15) is 15.9 Å². The van der Waals surface area contributed by atoms with Gasteiger partial charge in [0.15, 0.2) is 0 Å². The average molecular weight is 386 g/mol. The summed E-state index contributed by atoms with van der Waals surface area (Å²) in [5.41, 5.74) is 1.33. The molecule has 1 saturated heterocycles. The van der Waals surface area contributed by atoms with E-state index in [1.54, 1.807) is 26.4 Å². The van der Waals surface area contributed by atoms with E-state index in [0.29, 0.717) is 17.1 Å². The van der Waals surface area contributed by atoms with Crippen LogP contribution >= 0.6 is 36.4 Å². The Morgan fingerprint density at radius 1 is 1.09 bits per heavy atom. The van der Waals surface area contributed by atoms with Crippen LogP contribution in [-0.2, 0) is 6.54 Å². The second-order valence-corrected chi connectivity index (χ2v) is 5.56. The normalized spacial score (nSPS) is 15.3. The molecular formula is C15H23Cl3N2O3. The minimum Gasteiger partial charge on any atom is -0.496 e. The Balaban J connectivity index is 0.00000242. The van der Waals surface area contributed by atoms with Gasteiger partial charge in [-0.2, -0.15) is 0 Å². The molecule has 2 rings (SSSR count). The van der Waals surface area contributed by atoms with Gasteiger partial charge in [0.2, 0.25) is 0 Å². The van der Waals surface area contributed by atoms with Crippen molar-refractivity contribution in [1.82, 2.24) is 9.80 Å². The van der Waals surface area contributed by atoms with Crippen molar-refractivity contribution in [3.05, 3.63) is 23.3 Å². The molecule has 0 aliphatic carbocycles. The van der Waals surface area contributed by atoms with E-state index in [-0.39, 0.29) is 24.8 Å². The molecule has 1 fully saturated rings. The van der Waals surface area contributed by atoms with Gasteiger partial charge in [0.25, 0.3) is 5.24 Å². The minimum absolute atomic E-state index is 0. The molecule has 1 aromatic carbocycles. The number of nitrogens with zero attached hydrogens (tertiary/aromatic N) is 2. The van der Waals surface area contributed by atoms with Crippen LogP contribution in [-0.4, -0.2) is 62.5 Å². The molecule has 1 aromatic rings. The van der Waals surface area contributed by atoms with E-state index in [0.717, 1.165) is 38.3 Å². The first-order valence-electron chi connectivity index (χ1n) is 6.90. The quantitative estimate of drug-likeness (QED) is 0.729. The van der Waals surface area contributed by atoms with Gasteiger partial charge in [0.1, 0.15) is 11.5 Å². The Morgan fingerprint density at radius 2 is 1.57 bits per heavy atom. The first-order valence-corrected chi connectivity index (χ1v) is 7.28. The highest BCUT2D eigenvalue weighted by atomic mass is 35.5. The maximum absolute atomic E-state index is 11.4. The molecule has 23 heavy (non-hydrogen) atoms. The van der Waals surface area contributed by atoms with E-state index in [1.165, 1.54) is 0 Å². The third-order valence-electron chi connectivity index (χ3n) is 3.81. The molecule has 0 radical (unpaired) electrons. The average Bonchev–Trinajstić information content (AvgIpc) is 2.49. The summed E-state index contributed by atoms with van der Waals surface area (Å²) in [6.45, 7) is 4.82. The zero-order chi connectivity index (χ0) is 15.4. The van der Waals surface area contributed by atoms with Crippen LogP contribution in [0.3, 0.4) is 0 Å². The number of piperazine rings is 1. The van der Waals surface area contributed by atoms with E-state index < -0.39 is 5.24 Å². The summed E-state index contributed by atoms with van der Waals surface area (Å²) in [6.07, 6.45) is 0. The third kappa shape index (κ3) is 5.69. The number of hydrogen-bond donors (Lipinski definition) is 0. The molecule has 132 valence electrons. The number of ether oxygens (including phenoxy) is 2. The summed E-state index contributed by atoms with van der Waals surface area (Å²) in [5, 5.41) is -0.516. The molecule has 1 aliphatic rings. The fourth-order valence-electron chi connectivity index (χ4n) is 2.48. The van der Waals surface area contributed by atoms with Crippen LogP contribution in [0.5, 0.6) is 11.5 Å². The number of hydrogen-bond acceptors (Lipinski definition) is 5. The van der Waals surface area contributed by atoms with Gasteiger partial charge >= 0.3 is 0 Å². The monoisotopic (exact) mass is 384 g/mol. The lowest BCUT2D eigenvalue weighted by Crippen LogP contribution is -2.43. The smallest absolute Gasteiger partial charge is 0.252 e. The molecule has 1 heterocycles. The summed E-state index contributed by atoms with van der Waals surface area (Å²) in [5.74, 6) is 1.27. The highest BCUT2D eigenvalue weighted by Gasteiger charge is 2.20. The van der Waals surface area contributed by atoms with Gasteiger partial charge in [-0.05, 0) is 30.8 Å². The number of carbonyl (C=O) groups excluding carboxylic acids is 1. The van der Waals surface area contributed by atoms with E-state index in [1.807, 2.05) is 0 Å². The van der Waals surface area contributed by atoms with Crippen LogP contribution in [0.2, 0.25) is 0 Å². The molecule has 0 saturated carbocycles. The predicted octanol–water partition coefficient (Wildman–Crippen LogP) is 2.67. The predicted molar refractivity (Wildman–Crippen MR) is 97.0 cm³/mol. The molecule has 8 heteroatoms. The summed E-state index contributed by atoms with van der Waals surface area (Å²) >= 11 is 5.56. The summed E-state index contributed by atoms with van der Waals surface area (Å²) in [6, 6.07) is 3.34. The lowest BCUT2D eigenvalue weighted by Gasteiger charge is -2.33. The van der Waals surface area contributed by atoms with Gasteiger partial charge in [0.05, 0.1) is 19.8 Å². The molecule has 0 spiro atoms. The van der Waals surface area contributed by atoms with Gasteiger partial charge in [-0.1, -0.05) is 0 Å². The third-order valence-corrected chi connectivity index (χ3v) is 4.03. The number of benzene rings is 1. The highest BCUT2D eigenvalue weighted by Crippen LogP contribution is 2.32. The number of carbonyl (C=O) groups is 1. The van der Waals surface area contributed by atoms with Crippen molar-refractivity contribution in [2.45, 2.75) is 6.54 Å². The first kappa shape index (κ1) is 22.3. The first-order chi connectivity index (χ1) is 10.0. The molecule has 1 aliphatic heterocycles. The van der Waals surface area contributed by atoms with Crippen LogP contribution in [0, 0.1) is 0 Å². The second-order valence-electron chi connectivity index (χ2n) is 5.21. The Hall–Kier alpha value is -0.720. The van der Waals surface area contributed by atoms with Gasteiger partial charge in [0, 0.05) is 38.3 Å². The summed E-state index contributed by atoms with van der Waals surface area (Å²) in [7, 11) is 5.30. The van der Waals surface area contributed by atoms with Crippen molar-refractivity contribution in [2.24, 2.45) is 0 Å². The topological polar surface area (TPSA) is 42.0 Å². The van der Waals surface area contributed by atoms with Crippen molar-refractivity contribution in [2.75, 3.05) is 47.4 Å². The Kier molecular flexibility index (Phi) is 9.89. The van der Waals surface area contributed by atoms with E-state index in [2.05, 4.69) is 16.8 Å². The Labute approximate surface area is 154 Å². The van der Waals surface area contributed by atoms with Crippen LogP contribution in [0.25, 0.3) is 0 Å². The molecular weight excluding hydrogens is 363 g/mol. The summed E-state index contributed by atoms with van der Waals surface area (Å²) < 4.78 is 10.8. The number of rotatable bonds is 5. The Bertz CT molecular complexity index is 496. The van der Waals surface area contributed by atoms with Gasteiger partial charge < -0.3 is 14.4 Å². The standard InChI is InChI=1S/C15H21ClN2O3.2ClH/c1-17-4-6-18(7-5-17)10-12-13(20-2)8-11(15(16)19)9-14(12)21-3;;/h8-9H,4-7,10H2,1-3H3;2*1H. The molecule has 0 unspecified atom stereocenters. The second kappa shape index (κ2) is 10.2. The molecule has 0 N–H and O–H groups in total. The fourth-order valence-corrected chi connectivity index (χ4v) is 2.59. The van der Waals surface area contributed by atoms with Crippen molar-refractivity contribution >= 4 is 41.7 Å². The maximum atomic E-state index is 11.4. The molecule has 5 nitrogen and oxygen atoms in total. The number of likely N-dealkylation sites (N-methyl/N-ethyl adjacent to an activating group) is 1. The van der Waals surface area contributed by atoms with Crippen molar-refractivity contribution < 1.29 is 14.3 Å². The number of halogens is 3. The number of methoxy groups -OCH3 is 2. The van der Waals surface area contributed by atoms with Crippen molar-refractivity contribution in [1.29, 1.82) is 0 Å². The van der Waals surface area contributed by atoms with E-state index >= 15 is 0 Å². The lowest BCUT2D eigenvalue weighted by molar-refractivity contribution is 0.108. The SMILES string of the molecule is COc1cc(C(=O)Cl)cc(OC)c1CN1CCN(C)CC1.Cl.Cl. The van der Waals surface area contributed by atoms with Crippen LogP contribution in [0.4, 0.5) is 0 Å². The van der Waals surface area contributed by atoms with Crippen molar-refractivity contribution in [3.8, 4) is 11.5 Å². The van der Waals surface area contributed by atoms with Crippen LogP contribution in [0.15, 0.2) is 12.1 Å². The minimum atomic E-state index is -0.516. The molecule has 0 amide bonds. The zero-order valence-corrected chi connectivity index (χ0v) is 15.9. The molecule has 0 atom stereocenters.